The van der Waals surface area contributed by atoms with Gasteiger partial charge in [0.15, 0.2) is 0 Å². The molecule has 1 spiro atoms. The first-order valence-electron chi connectivity index (χ1n) is 11.9. The molecule has 1 saturated heterocycles. The van der Waals surface area contributed by atoms with Crippen molar-refractivity contribution < 1.29 is 14.3 Å². The van der Waals surface area contributed by atoms with Gasteiger partial charge in [0.1, 0.15) is 5.60 Å². The van der Waals surface area contributed by atoms with Crippen LogP contribution in [0.3, 0.4) is 0 Å². The standard InChI is InChI=1S/C29H25ClN2O3/c1-19-25(21-10-5-6-13-24(21)32(19)18-20-8-3-2-4-9-20)27(33)31-16-14-29(15-17-31)26-22(28(34)35-29)11-7-12-23(26)30/h2-13H,14-18H2,1H3. The second-order valence-corrected chi connectivity index (χ2v) is 9.79. The van der Waals surface area contributed by atoms with Crippen molar-refractivity contribution in [2.45, 2.75) is 31.9 Å². The Hall–Kier alpha value is -3.57. The molecule has 0 unspecified atom stereocenters. The molecule has 176 valence electrons. The van der Waals surface area contributed by atoms with Crippen LogP contribution in [0.1, 0.15) is 50.4 Å². The lowest BCUT2D eigenvalue weighted by molar-refractivity contribution is -0.0388. The van der Waals surface area contributed by atoms with Crippen LogP contribution in [-0.4, -0.2) is 34.4 Å². The Kier molecular flexibility index (Phi) is 5.19. The van der Waals surface area contributed by atoms with E-state index >= 15 is 0 Å². The van der Waals surface area contributed by atoms with E-state index < -0.39 is 5.60 Å². The number of para-hydroxylation sites is 1. The third-order valence-corrected chi connectivity index (χ3v) is 7.78. The van der Waals surface area contributed by atoms with Crippen molar-refractivity contribution >= 4 is 34.4 Å². The Morgan fingerprint density at radius 3 is 2.46 bits per heavy atom. The third-order valence-electron chi connectivity index (χ3n) is 7.46. The van der Waals surface area contributed by atoms with Crippen molar-refractivity contribution in [1.82, 2.24) is 9.47 Å². The van der Waals surface area contributed by atoms with Crippen LogP contribution in [0.25, 0.3) is 10.9 Å². The molecule has 1 aromatic heterocycles. The average Bonchev–Trinajstić information content (AvgIpc) is 3.31. The van der Waals surface area contributed by atoms with Crippen LogP contribution < -0.4 is 0 Å². The van der Waals surface area contributed by atoms with Gasteiger partial charge in [0, 0.05) is 59.7 Å². The molecule has 0 radical (unpaired) electrons. The van der Waals surface area contributed by atoms with E-state index in [2.05, 4.69) is 22.8 Å². The molecule has 0 bridgehead atoms. The maximum absolute atomic E-state index is 13.9. The number of nitrogens with zero attached hydrogens (tertiary/aromatic N) is 2. The van der Waals surface area contributed by atoms with E-state index in [1.807, 2.05) is 48.2 Å². The number of benzene rings is 3. The van der Waals surface area contributed by atoms with Crippen LogP contribution in [0.2, 0.25) is 5.02 Å². The molecule has 3 heterocycles. The van der Waals surface area contributed by atoms with E-state index in [-0.39, 0.29) is 11.9 Å². The molecular weight excluding hydrogens is 460 g/mol. The summed E-state index contributed by atoms with van der Waals surface area (Å²) in [6.45, 7) is 3.72. The molecule has 0 atom stereocenters. The van der Waals surface area contributed by atoms with Gasteiger partial charge in [-0.2, -0.15) is 0 Å². The lowest BCUT2D eigenvalue weighted by atomic mass is 9.83. The normalized spacial score (nSPS) is 16.5. The first kappa shape index (κ1) is 21.9. The van der Waals surface area contributed by atoms with Gasteiger partial charge >= 0.3 is 5.97 Å². The summed E-state index contributed by atoms with van der Waals surface area (Å²) in [5.74, 6) is -0.314. The molecule has 6 rings (SSSR count). The number of ether oxygens (including phenoxy) is 1. The molecule has 4 aromatic rings. The molecule has 0 N–H and O–H groups in total. The fraction of sp³-hybridized carbons (Fsp3) is 0.241. The number of hydrogen-bond acceptors (Lipinski definition) is 3. The third kappa shape index (κ3) is 3.45. The second kappa shape index (κ2) is 8.28. The van der Waals surface area contributed by atoms with Crippen molar-refractivity contribution in [3.05, 3.63) is 106 Å². The number of likely N-dealkylation sites (tertiary alicyclic amines) is 1. The largest absolute Gasteiger partial charge is 0.450 e. The molecule has 0 aliphatic carbocycles. The fourth-order valence-corrected chi connectivity index (χ4v) is 6.04. The first-order chi connectivity index (χ1) is 17.0. The van der Waals surface area contributed by atoms with Gasteiger partial charge in [-0.25, -0.2) is 4.79 Å². The van der Waals surface area contributed by atoms with Gasteiger partial charge in [0.25, 0.3) is 5.91 Å². The van der Waals surface area contributed by atoms with E-state index in [0.717, 1.165) is 27.7 Å². The number of carbonyl (C=O) groups is 2. The Morgan fingerprint density at radius 1 is 0.971 bits per heavy atom. The van der Waals surface area contributed by atoms with Crippen molar-refractivity contribution in [1.29, 1.82) is 0 Å². The highest BCUT2D eigenvalue weighted by molar-refractivity contribution is 6.32. The predicted octanol–water partition coefficient (Wildman–Crippen LogP) is 5.95. The van der Waals surface area contributed by atoms with Gasteiger partial charge in [-0.1, -0.05) is 66.2 Å². The maximum Gasteiger partial charge on any atom is 0.339 e. The van der Waals surface area contributed by atoms with Crippen molar-refractivity contribution in [2.24, 2.45) is 0 Å². The Bertz CT molecular complexity index is 1470. The number of amides is 1. The van der Waals surface area contributed by atoms with Crippen LogP contribution in [-0.2, 0) is 16.9 Å². The SMILES string of the molecule is Cc1c(C(=O)N2CCC3(CC2)OC(=O)c2cccc(Cl)c23)c2ccccc2n1Cc1ccccc1. The first-order valence-corrected chi connectivity index (χ1v) is 12.3. The number of esters is 1. The average molecular weight is 485 g/mol. The van der Waals surface area contributed by atoms with E-state index in [0.29, 0.717) is 43.1 Å². The fourth-order valence-electron chi connectivity index (χ4n) is 5.69. The van der Waals surface area contributed by atoms with Gasteiger partial charge in [-0.15, -0.1) is 0 Å². The lowest BCUT2D eigenvalue weighted by Crippen LogP contribution is -2.45. The monoisotopic (exact) mass is 484 g/mol. The number of rotatable bonds is 3. The summed E-state index contributed by atoms with van der Waals surface area (Å²) in [7, 11) is 0. The summed E-state index contributed by atoms with van der Waals surface area (Å²) < 4.78 is 8.09. The van der Waals surface area contributed by atoms with Gasteiger partial charge in [-0.05, 0) is 30.7 Å². The van der Waals surface area contributed by atoms with Crippen LogP contribution in [0.5, 0.6) is 0 Å². The van der Waals surface area contributed by atoms with Gasteiger partial charge in [0.05, 0.1) is 11.1 Å². The molecule has 3 aromatic carbocycles. The summed E-state index contributed by atoms with van der Waals surface area (Å²) in [6, 6.07) is 23.7. The minimum absolute atomic E-state index is 0.0177. The Balaban J connectivity index is 1.31. The smallest absolute Gasteiger partial charge is 0.339 e. The topological polar surface area (TPSA) is 51.5 Å². The van der Waals surface area contributed by atoms with Crippen molar-refractivity contribution in [3.8, 4) is 0 Å². The maximum atomic E-state index is 13.9. The van der Waals surface area contributed by atoms with Gasteiger partial charge in [0.2, 0.25) is 0 Å². The zero-order valence-electron chi connectivity index (χ0n) is 19.5. The quantitative estimate of drug-likeness (QED) is 0.337. The van der Waals surface area contributed by atoms with Gasteiger partial charge < -0.3 is 14.2 Å². The minimum Gasteiger partial charge on any atom is -0.450 e. The lowest BCUT2D eigenvalue weighted by Gasteiger charge is -2.39. The number of hydrogen-bond donors (Lipinski definition) is 0. The molecule has 35 heavy (non-hydrogen) atoms. The number of carbonyl (C=O) groups excluding carboxylic acids is 2. The summed E-state index contributed by atoms with van der Waals surface area (Å²) >= 11 is 6.49. The molecule has 5 nitrogen and oxygen atoms in total. The second-order valence-electron chi connectivity index (χ2n) is 9.39. The predicted molar refractivity (Wildman–Crippen MR) is 136 cm³/mol. The summed E-state index contributed by atoms with van der Waals surface area (Å²) in [5.41, 5.74) is 4.50. The number of piperidine rings is 1. The van der Waals surface area contributed by atoms with E-state index in [9.17, 15) is 9.59 Å². The van der Waals surface area contributed by atoms with Crippen LogP contribution in [0, 0.1) is 6.92 Å². The zero-order valence-corrected chi connectivity index (χ0v) is 20.2. The van der Waals surface area contributed by atoms with E-state index in [1.54, 1.807) is 18.2 Å². The van der Waals surface area contributed by atoms with Crippen molar-refractivity contribution in [3.63, 3.8) is 0 Å². The number of fused-ring (bicyclic) bond motifs is 3. The molecule has 0 saturated carbocycles. The highest BCUT2D eigenvalue weighted by Crippen LogP contribution is 2.47. The van der Waals surface area contributed by atoms with Crippen molar-refractivity contribution in [2.75, 3.05) is 13.1 Å². The summed E-state index contributed by atoms with van der Waals surface area (Å²) in [4.78, 5) is 28.3. The molecule has 2 aliphatic heterocycles. The summed E-state index contributed by atoms with van der Waals surface area (Å²) in [6.07, 6.45) is 1.06. The highest BCUT2D eigenvalue weighted by Gasteiger charge is 2.49. The Morgan fingerprint density at radius 2 is 1.69 bits per heavy atom. The number of aromatic nitrogens is 1. The zero-order chi connectivity index (χ0) is 24.2. The molecule has 1 fully saturated rings. The highest BCUT2D eigenvalue weighted by atomic mass is 35.5. The molecule has 2 aliphatic rings. The molecular formula is C29H25ClN2O3. The summed E-state index contributed by atoms with van der Waals surface area (Å²) in [5, 5.41) is 1.51. The number of halogens is 1. The molecule has 6 heteroatoms. The van der Waals surface area contributed by atoms with Crippen LogP contribution in [0.15, 0.2) is 72.8 Å². The van der Waals surface area contributed by atoms with Crippen LogP contribution in [0.4, 0.5) is 0 Å². The van der Waals surface area contributed by atoms with Gasteiger partial charge in [-0.3, -0.25) is 4.79 Å². The Labute approximate surface area is 208 Å². The minimum atomic E-state index is -0.752. The van der Waals surface area contributed by atoms with E-state index in [1.165, 1.54) is 5.56 Å². The van der Waals surface area contributed by atoms with E-state index in [4.69, 9.17) is 16.3 Å². The molecule has 1 amide bonds. The van der Waals surface area contributed by atoms with Crippen LogP contribution >= 0.6 is 11.6 Å².